The SMILES string of the molecule is C1=C(n2c3c(c4ccccc42)CCCC3)[CH]([Zr][CH]2C(n3c4c(c5ccccc53)CCCC4)=Cc3ccccc32)c2ccccc21.CCl. The van der Waals surface area contributed by atoms with Crippen LogP contribution in [-0.2, 0) is 48.9 Å². The van der Waals surface area contributed by atoms with Gasteiger partial charge in [0, 0.05) is 6.38 Å². The van der Waals surface area contributed by atoms with Crippen LogP contribution in [0.4, 0.5) is 0 Å². The van der Waals surface area contributed by atoms with Gasteiger partial charge in [-0.3, -0.25) is 0 Å². The summed E-state index contributed by atoms with van der Waals surface area (Å²) in [7, 11) is 0. The Labute approximate surface area is 294 Å². The number of hydrogen-bond donors (Lipinski definition) is 0. The van der Waals surface area contributed by atoms with E-state index < -0.39 is 23.2 Å². The molecule has 4 aliphatic rings. The predicted octanol–water partition coefficient (Wildman–Crippen LogP) is 11.1. The van der Waals surface area contributed by atoms with E-state index in [4.69, 9.17) is 0 Å². The maximum Gasteiger partial charge on any atom is 0.0108 e. The van der Waals surface area contributed by atoms with Crippen LogP contribution in [0.5, 0.6) is 0 Å². The second-order valence-electron chi connectivity index (χ2n) is 13.4. The van der Waals surface area contributed by atoms with Crippen molar-refractivity contribution >= 4 is 57.0 Å². The number of aryl methyl sites for hydroxylation is 2. The fraction of sp³-hybridized carbons (Fsp3) is 0.256. The van der Waals surface area contributed by atoms with Gasteiger partial charge in [-0.1, -0.05) is 0 Å². The van der Waals surface area contributed by atoms with Crippen molar-refractivity contribution in [2.75, 3.05) is 6.38 Å². The van der Waals surface area contributed by atoms with Crippen LogP contribution >= 0.6 is 11.6 Å². The van der Waals surface area contributed by atoms with Crippen LogP contribution in [0.15, 0.2) is 97.1 Å². The van der Waals surface area contributed by atoms with E-state index in [0.717, 1.165) is 0 Å². The van der Waals surface area contributed by atoms with Crippen LogP contribution in [0.2, 0.25) is 0 Å². The van der Waals surface area contributed by atoms with Crippen molar-refractivity contribution in [2.24, 2.45) is 0 Å². The maximum absolute atomic E-state index is 4.64. The molecule has 0 bridgehead atoms. The zero-order chi connectivity index (χ0) is 31.5. The van der Waals surface area contributed by atoms with E-state index in [-0.39, 0.29) is 0 Å². The number of halogens is 1. The molecule has 0 fully saturated rings. The fourth-order valence-electron chi connectivity index (χ4n) is 9.10. The average Bonchev–Trinajstić information content (AvgIpc) is 3.87. The molecule has 0 radical (unpaired) electrons. The second kappa shape index (κ2) is 12.2. The largest absolute Gasteiger partial charge is 0.130 e. The molecule has 2 nitrogen and oxygen atoms in total. The first kappa shape index (κ1) is 29.7. The maximum atomic E-state index is 4.64. The molecule has 2 atom stereocenters. The molecule has 4 aromatic carbocycles. The first-order valence-electron chi connectivity index (χ1n) is 17.3. The van der Waals surface area contributed by atoms with Crippen molar-refractivity contribution in [2.45, 2.75) is 58.6 Å². The van der Waals surface area contributed by atoms with Crippen molar-refractivity contribution in [1.29, 1.82) is 0 Å². The van der Waals surface area contributed by atoms with Gasteiger partial charge >= 0.3 is 278 Å². The molecule has 2 unspecified atom stereocenters. The summed E-state index contributed by atoms with van der Waals surface area (Å²) in [6, 6.07) is 37.1. The van der Waals surface area contributed by atoms with E-state index in [1.807, 2.05) is 0 Å². The van der Waals surface area contributed by atoms with Crippen LogP contribution in [0.25, 0.3) is 45.4 Å². The first-order chi connectivity index (χ1) is 23.3. The van der Waals surface area contributed by atoms with E-state index in [1.165, 1.54) is 90.7 Å². The Balaban J connectivity index is 0.00000149. The summed E-state index contributed by atoms with van der Waals surface area (Å²) in [5, 5.41) is 2.95. The van der Waals surface area contributed by atoms with Crippen LogP contribution in [0, 0.1) is 0 Å². The monoisotopic (exact) mass is 708 g/mol. The molecular formula is C43H39ClN2Zr. The summed E-state index contributed by atoms with van der Waals surface area (Å²) in [4.78, 5) is 0. The summed E-state index contributed by atoms with van der Waals surface area (Å²) in [6.07, 6.45) is 16.6. The second-order valence-corrected chi connectivity index (χ2v) is 17.1. The van der Waals surface area contributed by atoms with Gasteiger partial charge in [-0.2, -0.15) is 0 Å². The topological polar surface area (TPSA) is 9.86 Å². The Morgan fingerprint density at radius 1 is 0.511 bits per heavy atom. The first-order valence-corrected chi connectivity index (χ1v) is 20.9. The molecule has 2 heterocycles. The van der Waals surface area contributed by atoms with Gasteiger partial charge in [0.05, 0.1) is 0 Å². The number of aromatic nitrogens is 2. The van der Waals surface area contributed by atoms with Crippen LogP contribution in [0.1, 0.15) is 77.7 Å². The van der Waals surface area contributed by atoms with E-state index in [2.05, 4.69) is 130 Å². The minimum Gasteiger partial charge on any atom is -0.130 e. The van der Waals surface area contributed by atoms with E-state index >= 15 is 0 Å². The van der Waals surface area contributed by atoms with Gasteiger partial charge in [-0.05, 0) is 0 Å². The number of allylic oxidation sites excluding steroid dienone is 2. The summed E-state index contributed by atoms with van der Waals surface area (Å²) in [5.41, 5.74) is 18.3. The minimum atomic E-state index is -1.16. The molecule has 4 heteroatoms. The van der Waals surface area contributed by atoms with Gasteiger partial charge in [0.15, 0.2) is 0 Å². The normalized spacial score (nSPS) is 19.3. The number of hydrogen-bond acceptors (Lipinski definition) is 0. The molecule has 2 aromatic heterocycles. The van der Waals surface area contributed by atoms with Crippen LogP contribution in [-0.4, -0.2) is 15.5 Å². The number of alkyl halides is 1. The molecule has 0 N–H and O–H groups in total. The molecule has 0 saturated carbocycles. The number of para-hydroxylation sites is 2. The Morgan fingerprint density at radius 2 is 0.915 bits per heavy atom. The predicted molar refractivity (Wildman–Crippen MR) is 196 cm³/mol. The van der Waals surface area contributed by atoms with Crippen LogP contribution < -0.4 is 0 Å². The molecule has 6 aromatic rings. The molecule has 0 aliphatic heterocycles. The van der Waals surface area contributed by atoms with Gasteiger partial charge in [0.2, 0.25) is 0 Å². The van der Waals surface area contributed by atoms with E-state index in [0.29, 0.717) is 7.25 Å². The van der Waals surface area contributed by atoms with Gasteiger partial charge in [-0.15, -0.1) is 11.6 Å². The van der Waals surface area contributed by atoms with Crippen molar-refractivity contribution < 1.29 is 23.2 Å². The summed E-state index contributed by atoms with van der Waals surface area (Å²) < 4.78 is 6.46. The Hall–Kier alpha value is -3.39. The third-order valence-corrected chi connectivity index (χ3v) is 15.6. The molecule has 10 rings (SSSR count). The van der Waals surface area contributed by atoms with Crippen LogP contribution in [0.3, 0.4) is 0 Å². The Kier molecular flexibility index (Phi) is 7.75. The number of fused-ring (bicyclic) bond motifs is 8. The third kappa shape index (κ3) is 4.68. The van der Waals surface area contributed by atoms with E-state index in [9.17, 15) is 0 Å². The summed E-state index contributed by atoms with van der Waals surface area (Å²) >= 11 is 3.48. The van der Waals surface area contributed by atoms with Crippen molar-refractivity contribution in [3.63, 3.8) is 0 Å². The molecule has 0 spiro atoms. The van der Waals surface area contributed by atoms with Gasteiger partial charge in [0.25, 0.3) is 0 Å². The zero-order valence-electron chi connectivity index (χ0n) is 27.0. The van der Waals surface area contributed by atoms with Gasteiger partial charge < -0.3 is 0 Å². The standard InChI is InChI=1S/2C21H18N.CH3Cl.Zr/c2*1-2-8-16-14-17(13-15(16)7-1)22-20-11-5-3-9-18(20)19-10-4-6-12-21(19)22;1-2;/h2*1-3,5,7-9,11,13-14H,4,6,10,12H2;1H3;. The third-order valence-electron chi connectivity index (χ3n) is 11.0. The average molecular weight is 710 g/mol. The molecule has 232 valence electrons. The number of benzene rings is 4. The minimum absolute atomic E-state index is 0.490. The van der Waals surface area contributed by atoms with Crippen molar-refractivity contribution in [3.8, 4) is 0 Å². The van der Waals surface area contributed by atoms with Crippen molar-refractivity contribution in [3.05, 3.63) is 142 Å². The van der Waals surface area contributed by atoms with Crippen molar-refractivity contribution in [1.82, 2.24) is 9.13 Å². The Bertz CT molecular complexity index is 2070. The number of nitrogens with zero attached hydrogens (tertiary/aromatic N) is 2. The Morgan fingerprint density at radius 3 is 1.40 bits per heavy atom. The summed E-state index contributed by atoms with van der Waals surface area (Å²) in [6.45, 7) is 0. The molecule has 0 amide bonds. The van der Waals surface area contributed by atoms with Gasteiger partial charge in [0.1, 0.15) is 0 Å². The summed E-state index contributed by atoms with van der Waals surface area (Å²) in [5.74, 6) is 0. The van der Waals surface area contributed by atoms with Gasteiger partial charge in [-0.25, -0.2) is 0 Å². The molecule has 4 aliphatic carbocycles. The quantitative estimate of drug-likeness (QED) is 0.161. The smallest absolute Gasteiger partial charge is 0.0108 e. The number of rotatable bonds is 4. The zero-order valence-corrected chi connectivity index (χ0v) is 30.2. The fourth-order valence-corrected chi connectivity index (χ4v) is 14.0. The molecule has 47 heavy (non-hydrogen) atoms. The molecular weight excluding hydrogens is 671 g/mol. The van der Waals surface area contributed by atoms with E-state index in [1.54, 1.807) is 45.0 Å². The molecule has 0 saturated heterocycles.